The molecule has 0 saturated carbocycles. The standard InChI is InChI=1S/C21H18N2O3S/c24-27(25)12-4-3-11-23(27)18-9-10-20-19(14-18)22-21(26-20)17-8-7-15-5-1-2-6-16(15)13-17/h1-2,5-10,13-14H,3-4,11-12H2. The summed E-state index contributed by atoms with van der Waals surface area (Å²) in [7, 11) is -3.24. The summed E-state index contributed by atoms with van der Waals surface area (Å²) < 4.78 is 32.1. The van der Waals surface area contributed by atoms with Crippen LogP contribution in [0.1, 0.15) is 12.8 Å². The lowest BCUT2D eigenvalue weighted by Gasteiger charge is -2.28. The summed E-state index contributed by atoms with van der Waals surface area (Å²) in [6.45, 7) is 0.517. The Morgan fingerprint density at radius 1 is 0.926 bits per heavy atom. The van der Waals surface area contributed by atoms with Crippen molar-refractivity contribution in [3.05, 3.63) is 60.7 Å². The van der Waals surface area contributed by atoms with E-state index in [1.807, 2.05) is 24.3 Å². The maximum atomic E-state index is 12.4. The van der Waals surface area contributed by atoms with Gasteiger partial charge in [0.05, 0.1) is 11.4 Å². The fourth-order valence-corrected chi connectivity index (χ4v) is 5.23. The van der Waals surface area contributed by atoms with Gasteiger partial charge in [0.2, 0.25) is 15.9 Å². The summed E-state index contributed by atoms with van der Waals surface area (Å²) in [5.41, 5.74) is 2.87. The highest BCUT2D eigenvalue weighted by Crippen LogP contribution is 2.31. The third-order valence-corrected chi connectivity index (χ3v) is 6.87. The molecule has 0 spiro atoms. The molecule has 4 aromatic rings. The number of aromatic nitrogens is 1. The van der Waals surface area contributed by atoms with Gasteiger partial charge in [0.1, 0.15) is 5.52 Å². The number of hydrogen-bond acceptors (Lipinski definition) is 4. The second kappa shape index (κ2) is 6.09. The van der Waals surface area contributed by atoms with Crippen LogP contribution < -0.4 is 4.31 Å². The van der Waals surface area contributed by atoms with Crippen LogP contribution in [0.2, 0.25) is 0 Å². The maximum Gasteiger partial charge on any atom is 0.235 e. The highest BCUT2D eigenvalue weighted by atomic mass is 32.2. The fraction of sp³-hybridized carbons (Fsp3) is 0.190. The molecular formula is C21H18N2O3S. The third-order valence-electron chi connectivity index (χ3n) is 5.00. The molecule has 1 fully saturated rings. The van der Waals surface area contributed by atoms with Crippen LogP contribution in [0.25, 0.3) is 33.3 Å². The Hall–Kier alpha value is -2.86. The molecule has 1 aliphatic heterocycles. The van der Waals surface area contributed by atoms with E-state index in [-0.39, 0.29) is 5.75 Å². The number of hydrogen-bond donors (Lipinski definition) is 0. The summed E-state index contributed by atoms with van der Waals surface area (Å²) in [5, 5.41) is 2.28. The van der Waals surface area contributed by atoms with Crippen LogP contribution in [0, 0.1) is 0 Å². The van der Waals surface area contributed by atoms with Gasteiger partial charge in [0.15, 0.2) is 5.58 Å². The first-order chi connectivity index (χ1) is 13.1. The molecule has 136 valence electrons. The molecule has 2 heterocycles. The first kappa shape index (κ1) is 16.3. The number of oxazole rings is 1. The molecule has 0 N–H and O–H groups in total. The van der Waals surface area contributed by atoms with E-state index in [9.17, 15) is 8.42 Å². The lowest BCUT2D eigenvalue weighted by Crippen LogP contribution is -2.37. The van der Waals surface area contributed by atoms with Gasteiger partial charge in [-0.25, -0.2) is 13.4 Å². The van der Waals surface area contributed by atoms with E-state index < -0.39 is 10.0 Å². The van der Waals surface area contributed by atoms with E-state index in [1.54, 1.807) is 18.2 Å². The van der Waals surface area contributed by atoms with E-state index in [0.717, 1.165) is 29.2 Å². The van der Waals surface area contributed by atoms with Crippen molar-refractivity contribution < 1.29 is 12.8 Å². The average molecular weight is 378 g/mol. The second-order valence-corrected chi connectivity index (χ2v) is 8.84. The topological polar surface area (TPSA) is 63.4 Å². The Morgan fingerprint density at radius 3 is 2.63 bits per heavy atom. The average Bonchev–Trinajstić information content (AvgIpc) is 3.10. The second-order valence-electron chi connectivity index (χ2n) is 6.83. The molecule has 0 bridgehead atoms. The van der Waals surface area contributed by atoms with Crippen LogP contribution in [0.4, 0.5) is 5.69 Å². The molecule has 1 saturated heterocycles. The van der Waals surface area contributed by atoms with Gasteiger partial charge >= 0.3 is 0 Å². The van der Waals surface area contributed by atoms with Gasteiger partial charge in [-0.1, -0.05) is 30.3 Å². The van der Waals surface area contributed by atoms with Crippen molar-refractivity contribution in [1.82, 2.24) is 4.98 Å². The molecule has 0 atom stereocenters. The maximum absolute atomic E-state index is 12.4. The molecule has 3 aromatic carbocycles. The Bertz CT molecular complexity index is 1260. The molecule has 1 aliphatic rings. The summed E-state index contributed by atoms with van der Waals surface area (Å²) in [6, 6.07) is 19.6. The summed E-state index contributed by atoms with van der Waals surface area (Å²) in [6.07, 6.45) is 1.59. The van der Waals surface area contributed by atoms with Gasteiger partial charge in [-0.3, -0.25) is 4.31 Å². The zero-order valence-corrected chi connectivity index (χ0v) is 15.4. The van der Waals surface area contributed by atoms with E-state index in [4.69, 9.17) is 4.42 Å². The number of anilines is 1. The van der Waals surface area contributed by atoms with Crippen molar-refractivity contribution in [1.29, 1.82) is 0 Å². The van der Waals surface area contributed by atoms with Gasteiger partial charge in [-0.15, -0.1) is 0 Å². The van der Waals surface area contributed by atoms with Crippen LogP contribution in [-0.2, 0) is 10.0 Å². The Balaban J connectivity index is 1.57. The molecular weight excluding hydrogens is 360 g/mol. The molecule has 0 radical (unpaired) electrons. The monoisotopic (exact) mass is 378 g/mol. The third kappa shape index (κ3) is 2.86. The number of benzene rings is 3. The Labute approximate surface area is 157 Å². The van der Waals surface area contributed by atoms with Gasteiger partial charge in [-0.2, -0.15) is 0 Å². The van der Waals surface area contributed by atoms with Crippen LogP contribution in [-0.4, -0.2) is 25.7 Å². The largest absolute Gasteiger partial charge is 0.436 e. The quantitative estimate of drug-likeness (QED) is 0.512. The molecule has 0 aliphatic carbocycles. The van der Waals surface area contributed by atoms with Crippen molar-refractivity contribution in [2.45, 2.75) is 12.8 Å². The summed E-state index contributed by atoms with van der Waals surface area (Å²) in [4.78, 5) is 4.60. The zero-order valence-electron chi connectivity index (χ0n) is 14.6. The van der Waals surface area contributed by atoms with Crippen molar-refractivity contribution in [3.63, 3.8) is 0 Å². The van der Waals surface area contributed by atoms with Crippen molar-refractivity contribution in [2.75, 3.05) is 16.6 Å². The number of sulfonamides is 1. The SMILES string of the molecule is O=S1(=O)CCCCN1c1ccc2oc(-c3ccc4ccccc4c3)nc2c1. The zero-order chi connectivity index (χ0) is 18.4. The van der Waals surface area contributed by atoms with Crippen LogP contribution >= 0.6 is 0 Å². The molecule has 0 unspecified atom stereocenters. The highest BCUT2D eigenvalue weighted by molar-refractivity contribution is 7.92. The van der Waals surface area contributed by atoms with Crippen molar-refractivity contribution >= 4 is 37.6 Å². The van der Waals surface area contributed by atoms with Gasteiger partial charge in [-0.05, 0) is 53.9 Å². The number of fused-ring (bicyclic) bond motifs is 2. The summed E-state index contributed by atoms with van der Waals surface area (Å²) >= 11 is 0. The van der Waals surface area contributed by atoms with Crippen LogP contribution in [0.5, 0.6) is 0 Å². The van der Waals surface area contributed by atoms with E-state index in [2.05, 4.69) is 23.2 Å². The van der Waals surface area contributed by atoms with Gasteiger partial charge < -0.3 is 4.42 Å². The molecule has 5 nitrogen and oxygen atoms in total. The van der Waals surface area contributed by atoms with Crippen LogP contribution in [0.15, 0.2) is 65.1 Å². The van der Waals surface area contributed by atoms with E-state index in [1.165, 1.54) is 4.31 Å². The van der Waals surface area contributed by atoms with Crippen molar-refractivity contribution in [3.8, 4) is 11.5 Å². The normalized spacial score (nSPS) is 16.8. The first-order valence-electron chi connectivity index (χ1n) is 9.00. The minimum Gasteiger partial charge on any atom is -0.436 e. The first-order valence-corrected chi connectivity index (χ1v) is 10.6. The molecule has 0 amide bonds. The molecule has 27 heavy (non-hydrogen) atoms. The van der Waals surface area contributed by atoms with Gasteiger partial charge in [0.25, 0.3) is 0 Å². The van der Waals surface area contributed by atoms with Crippen LogP contribution in [0.3, 0.4) is 0 Å². The van der Waals surface area contributed by atoms with E-state index in [0.29, 0.717) is 29.2 Å². The Kier molecular flexibility index (Phi) is 3.68. The van der Waals surface area contributed by atoms with E-state index >= 15 is 0 Å². The predicted octanol–water partition coefficient (Wildman–Crippen LogP) is 4.58. The summed E-state index contributed by atoms with van der Waals surface area (Å²) in [5.74, 6) is 0.737. The lowest BCUT2D eigenvalue weighted by atomic mass is 10.1. The smallest absolute Gasteiger partial charge is 0.235 e. The number of rotatable bonds is 2. The highest BCUT2D eigenvalue weighted by Gasteiger charge is 2.26. The predicted molar refractivity (Wildman–Crippen MR) is 107 cm³/mol. The molecule has 1 aromatic heterocycles. The number of nitrogens with zero attached hydrogens (tertiary/aromatic N) is 2. The minimum atomic E-state index is -3.24. The van der Waals surface area contributed by atoms with Gasteiger partial charge in [0, 0.05) is 12.1 Å². The molecule has 6 heteroatoms. The fourth-order valence-electron chi connectivity index (χ4n) is 3.60. The minimum absolute atomic E-state index is 0.201. The Morgan fingerprint density at radius 2 is 1.78 bits per heavy atom. The molecule has 5 rings (SSSR count). The van der Waals surface area contributed by atoms with Crippen molar-refractivity contribution in [2.24, 2.45) is 0 Å². The lowest BCUT2D eigenvalue weighted by molar-refractivity contribution is 0.574.